The second-order valence-electron chi connectivity index (χ2n) is 3.75. The first-order valence-electron chi connectivity index (χ1n) is 5.80. The standard InChI is InChI=1S/C15H14O2S2/c1-17-15(16)11-18-12-7-9-14(10-8-12)19-13-5-3-2-4-6-13/h2-10H,11H2,1H3. The quantitative estimate of drug-likeness (QED) is 0.611. The van der Waals surface area contributed by atoms with Crippen LogP contribution in [0.4, 0.5) is 0 Å². The normalized spacial score (nSPS) is 10.2. The van der Waals surface area contributed by atoms with Crippen LogP contribution in [0.5, 0.6) is 0 Å². The lowest BCUT2D eigenvalue weighted by Gasteiger charge is -2.03. The maximum Gasteiger partial charge on any atom is 0.315 e. The fraction of sp³-hybridized carbons (Fsp3) is 0.133. The van der Waals surface area contributed by atoms with Gasteiger partial charge in [0.05, 0.1) is 12.9 Å². The molecule has 0 amide bonds. The summed E-state index contributed by atoms with van der Waals surface area (Å²) in [5.41, 5.74) is 0. The van der Waals surface area contributed by atoms with Crippen LogP contribution in [0.3, 0.4) is 0 Å². The molecule has 0 saturated carbocycles. The molecular weight excluding hydrogens is 276 g/mol. The maximum atomic E-state index is 11.0. The molecule has 19 heavy (non-hydrogen) atoms. The molecule has 0 fully saturated rings. The van der Waals surface area contributed by atoms with Gasteiger partial charge < -0.3 is 4.74 Å². The number of benzene rings is 2. The molecule has 2 rings (SSSR count). The van der Waals surface area contributed by atoms with Crippen molar-refractivity contribution in [2.45, 2.75) is 14.7 Å². The van der Waals surface area contributed by atoms with Crippen molar-refractivity contribution < 1.29 is 9.53 Å². The van der Waals surface area contributed by atoms with Crippen molar-refractivity contribution in [2.75, 3.05) is 12.9 Å². The van der Waals surface area contributed by atoms with Gasteiger partial charge in [-0.2, -0.15) is 0 Å². The molecule has 0 saturated heterocycles. The zero-order chi connectivity index (χ0) is 13.5. The summed E-state index contributed by atoms with van der Waals surface area (Å²) in [6, 6.07) is 18.4. The van der Waals surface area contributed by atoms with E-state index in [0.717, 1.165) is 4.90 Å². The second-order valence-corrected chi connectivity index (χ2v) is 5.95. The van der Waals surface area contributed by atoms with E-state index in [2.05, 4.69) is 29.0 Å². The van der Waals surface area contributed by atoms with E-state index in [4.69, 9.17) is 0 Å². The predicted octanol–water partition coefficient (Wildman–Crippen LogP) is 4.10. The molecule has 0 unspecified atom stereocenters. The van der Waals surface area contributed by atoms with E-state index < -0.39 is 0 Å². The molecule has 0 spiro atoms. The molecule has 2 nitrogen and oxygen atoms in total. The van der Waals surface area contributed by atoms with Gasteiger partial charge in [0.2, 0.25) is 0 Å². The van der Waals surface area contributed by atoms with Gasteiger partial charge in [0.25, 0.3) is 0 Å². The molecule has 0 atom stereocenters. The number of hydrogen-bond donors (Lipinski definition) is 0. The Morgan fingerprint density at radius 3 is 2.16 bits per heavy atom. The summed E-state index contributed by atoms with van der Waals surface area (Å²) in [5, 5.41) is 0. The predicted molar refractivity (Wildman–Crippen MR) is 79.7 cm³/mol. The van der Waals surface area contributed by atoms with Gasteiger partial charge in [-0.15, -0.1) is 11.8 Å². The lowest BCUT2D eigenvalue weighted by atomic mass is 10.4. The minimum atomic E-state index is -0.201. The smallest absolute Gasteiger partial charge is 0.315 e. The Labute approximate surface area is 121 Å². The van der Waals surface area contributed by atoms with E-state index in [0.29, 0.717) is 5.75 Å². The van der Waals surface area contributed by atoms with E-state index >= 15 is 0 Å². The first kappa shape index (κ1) is 14.0. The number of carbonyl (C=O) groups excluding carboxylic acids is 1. The Morgan fingerprint density at radius 1 is 0.947 bits per heavy atom. The van der Waals surface area contributed by atoms with Crippen LogP contribution in [0.25, 0.3) is 0 Å². The van der Waals surface area contributed by atoms with Crippen LogP contribution in [0.2, 0.25) is 0 Å². The summed E-state index contributed by atoms with van der Waals surface area (Å²) < 4.78 is 4.61. The highest BCUT2D eigenvalue weighted by Crippen LogP contribution is 2.29. The van der Waals surface area contributed by atoms with Gasteiger partial charge in [0.1, 0.15) is 0 Å². The number of carbonyl (C=O) groups is 1. The molecule has 0 aliphatic carbocycles. The maximum absolute atomic E-state index is 11.0. The van der Waals surface area contributed by atoms with Crippen molar-refractivity contribution in [3.05, 3.63) is 54.6 Å². The Kier molecular flexibility index (Phi) is 5.36. The third-order valence-electron chi connectivity index (χ3n) is 2.39. The van der Waals surface area contributed by atoms with Gasteiger partial charge in [-0.05, 0) is 36.4 Å². The van der Waals surface area contributed by atoms with Crippen LogP contribution in [-0.2, 0) is 9.53 Å². The van der Waals surface area contributed by atoms with Gasteiger partial charge in [-0.1, -0.05) is 30.0 Å². The van der Waals surface area contributed by atoms with Crippen molar-refractivity contribution in [1.29, 1.82) is 0 Å². The van der Waals surface area contributed by atoms with E-state index in [1.807, 2.05) is 30.3 Å². The minimum Gasteiger partial charge on any atom is -0.468 e. The third-order valence-corrected chi connectivity index (χ3v) is 4.39. The largest absolute Gasteiger partial charge is 0.468 e. The van der Waals surface area contributed by atoms with Crippen LogP contribution < -0.4 is 0 Å². The molecule has 0 radical (unpaired) electrons. The number of rotatable bonds is 5. The van der Waals surface area contributed by atoms with Crippen molar-refractivity contribution in [2.24, 2.45) is 0 Å². The van der Waals surface area contributed by atoms with Crippen molar-refractivity contribution in [3.8, 4) is 0 Å². The number of thioether (sulfide) groups is 1. The van der Waals surface area contributed by atoms with Crippen molar-refractivity contribution >= 4 is 29.5 Å². The summed E-state index contributed by atoms with van der Waals surface area (Å²) in [4.78, 5) is 14.5. The number of esters is 1. The molecule has 2 aromatic rings. The Bertz CT molecular complexity index is 524. The summed E-state index contributed by atoms with van der Waals surface area (Å²) in [6.07, 6.45) is 0. The van der Waals surface area contributed by atoms with Gasteiger partial charge in [0.15, 0.2) is 0 Å². The van der Waals surface area contributed by atoms with Crippen molar-refractivity contribution in [1.82, 2.24) is 0 Å². The number of hydrogen-bond acceptors (Lipinski definition) is 4. The van der Waals surface area contributed by atoms with Gasteiger partial charge in [0, 0.05) is 14.7 Å². The van der Waals surface area contributed by atoms with Gasteiger partial charge in [-0.3, -0.25) is 4.79 Å². The fourth-order valence-corrected chi connectivity index (χ4v) is 3.00. The zero-order valence-corrected chi connectivity index (χ0v) is 12.2. The monoisotopic (exact) mass is 290 g/mol. The Morgan fingerprint density at radius 2 is 1.53 bits per heavy atom. The van der Waals surface area contributed by atoms with Crippen molar-refractivity contribution in [3.63, 3.8) is 0 Å². The highest BCUT2D eigenvalue weighted by molar-refractivity contribution is 8.00. The molecule has 0 aromatic heterocycles. The van der Waals surface area contributed by atoms with Crippen LogP contribution in [0.15, 0.2) is 69.3 Å². The summed E-state index contributed by atoms with van der Waals surface area (Å²) in [6.45, 7) is 0. The van der Waals surface area contributed by atoms with Gasteiger partial charge >= 0.3 is 5.97 Å². The molecular formula is C15H14O2S2. The molecule has 0 aliphatic heterocycles. The van der Waals surface area contributed by atoms with Crippen LogP contribution in [0.1, 0.15) is 0 Å². The topological polar surface area (TPSA) is 26.3 Å². The van der Waals surface area contributed by atoms with E-state index in [-0.39, 0.29) is 5.97 Å². The highest BCUT2D eigenvalue weighted by atomic mass is 32.2. The molecule has 4 heteroatoms. The zero-order valence-electron chi connectivity index (χ0n) is 10.5. The molecule has 0 aliphatic rings. The first-order chi connectivity index (χ1) is 9.28. The van der Waals surface area contributed by atoms with E-state index in [1.165, 1.54) is 28.7 Å². The molecule has 0 N–H and O–H groups in total. The van der Waals surface area contributed by atoms with E-state index in [9.17, 15) is 4.79 Å². The average Bonchev–Trinajstić information content (AvgIpc) is 2.47. The lowest BCUT2D eigenvalue weighted by Crippen LogP contribution is -2.02. The summed E-state index contributed by atoms with van der Waals surface area (Å²) >= 11 is 3.21. The summed E-state index contributed by atoms with van der Waals surface area (Å²) in [5.74, 6) is 0.148. The number of ether oxygens (including phenoxy) is 1. The molecule has 0 bridgehead atoms. The van der Waals surface area contributed by atoms with Crippen LogP contribution in [-0.4, -0.2) is 18.8 Å². The van der Waals surface area contributed by atoms with Crippen LogP contribution in [0, 0.1) is 0 Å². The molecule has 0 heterocycles. The second kappa shape index (κ2) is 7.26. The average molecular weight is 290 g/mol. The molecule has 2 aromatic carbocycles. The van der Waals surface area contributed by atoms with Gasteiger partial charge in [-0.25, -0.2) is 0 Å². The van der Waals surface area contributed by atoms with E-state index in [1.54, 1.807) is 11.8 Å². The lowest BCUT2D eigenvalue weighted by molar-refractivity contribution is -0.137. The Balaban J connectivity index is 1.93. The SMILES string of the molecule is COC(=O)CSc1ccc(Sc2ccccc2)cc1. The Hall–Kier alpha value is -1.39. The summed E-state index contributed by atoms with van der Waals surface area (Å²) in [7, 11) is 1.41. The third kappa shape index (κ3) is 4.65. The minimum absolute atomic E-state index is 0.201. The fourth-order valence-electron chi connectivity index (χ4n) is 1.43. The molecule has 98 valence electrons. The van der Waals surface area contributed by atoms with Crippen LogP contribution >= 0.6 is 23.5 Å². The highest BCUT2D eigenvalue weighted by Gasteiger charge is 2.02. The first-order valence-corrected chi connectivity index (χ1v) is 7.61. The number of methoxy groups -OCH3 is 1.